The number of halogens is 6. The van der Waals surface area contributed by atoms with Crippen molar-refractivity contribution in [2.75, 3.05) is 0 Å². The first-order valence-electron chi connectivity index (χ1n) is 10.6. The van der Waals surface area contributed by atoms with E-state index >= 15 is 0 Å². The van der Waals surface area contributed by atoms with Crippen molar-refractivity contribution < 1.29 is 50.9 Å². The van der Waals surface area contributed by atoms with Crippen LogP contribution in [0.25, 0.3) is 0 Å². The second kappa shape index (κ2) is 9.41. The summed E-state index contributed by atoms with van der Waals surface area (Å²) in [5.41, 5.74) is -8.04. The molecule has 2 N–H and O–H groups in total. The van der Waals surface area contributed by atoms with Gasteiger partial charge in [-0.3, -0.25) is 9.59 Å². The molecule has 1 saturated heterocycles. The van der Waals surface area contributed by atoms with Crippen molar-refractivity contribution >= 4 is 29.2 Å². The largest absolute Gasteiger partial charge is 0.481 e. The van der Waals surface area contributed by atoms with Crippen molar-refractivity contribution in [1.29, 1.82) is 0 Å². The zero-order valence-electron chi connectivity index (χ0n) is 18.9. The molecule has 0 saturated carbocycles. The van der Waals surface area contributed by atoms with Gasteiger partial charge in [-0.2, -0.15) is 26.3 Å². The Labute approximate surface area is 205 Å². The molecule has 36 heavy (non-hydrogen) atoms. The summed E-state index contributed by atoms with van der Waals surface area (Å²) in [5, 5.41) is 21.6. The monoisotopic (exact) mass is 537 g/mol. The molecule has 2 heterocycles. The van der Waals surface area contributed by atoms with Crippen LogP contribution in [0.1, 0.15) is 59.1 Å². The number of alkyl halides is 6. The third kappa shape index (κ3) is 4.80. The number of aliphatic carboxylic acids is 2. The van der Waals surface area contributed by atoms with Crippen molar-refractivity contribution in [3.05, 3.63) is 57.3 Å². The van der Waals surface area contributed by atoms with E-state index in [4.69, 9.17) is 0 Å². The molecule has 13 heteroatoms. The molecule has 1 aromatic heterocycles. The van der Waals surface area contributed by atoms with Gasteiger partial charge < -0.3 is 15.1 Å². The van der Waals surface area contributed by atoms with Crippen molar-refractivity contribution in [3.63, 3.8) is 0 Å². The molecule has 2 aromatic rings. The van der Waals surface area contributed by atoms with Crippen LogP contribution in [0.3, 0.4) is 0 Å². The van der Waals surface area contributed by atoms with Crippen LogP contribution in [0.15, 0.2) is 35.7 Å². The Hall–Kier alpha value is -3.09. The van der Waals surface area contributed by atoms with E-state index in [0.29, 0.717) is 17.0 Å². The van der Waals surface area contributed by atoms with Crippen molar-refractivity contribution in [3.8, 4) is 0 Å². The molecule has 3 atom stereocenters. The van der Waals surface area contributed by atoms with E-state index < -0.39 is 76.7 Å². The summed E-state index contributed by atoms with van der Waals surface area (Å²) in [6, 6.07) is 2.72. The first kappa shape index (κ1) is 27.5. The number of thiophene rings is 1. The Morgan fingerprint density at radius 2 is 1.69 bits per heavy atom. The summed E-state index contributed by atoms with van der Waals surface area (Å²) in [4.78, 5) is 39.3. The molecule has 0 bridgehead atoms. The highest BCUT2D eigenvalue weighted by Crippen LogP contribution is 2.52. The van der Waals surface area contributed by atoms with E-state index in [0.717, 1.165) is 11.3 Å². The van der Waals surface area contributed by atoms with Crippen LogP contribution in [-0.4, -0.2) is 38.5 Å². The van der Waals surface area contributed by atoms with Gasteiger partial charge in [0.15, 0.2) is 0 Å². The van der Waals surface area contributed by atoms with Gasteiger partial charge in [-0.05, 0) is 42.3 Å². The van der Waals surface area contributed by atoms with Gasteiger partial charge >= 0.3 is 24.3 Å². The van der Waals surface area contributed by atoms with Crippen LogP contribution in [0, 0.1) is 11.8 Å². The lowest BCUT2D eigenvalue weighted by Crippen LogP contribution is -2.54. The van der Waals surface area contributed by atoms with E-state index in [-0.39, 0.29) is 17.4 Å². The van der Waals surface area contributed by atoms with Crippen LogP contribution in [0.4, 0.5) is 26.3 Å². The Kier molecular flexibility index (Phi) is 7.19. The second-order valence-corrected chi connectivity index (χ2v) is 9.92. The molecule has 6 nitrogen and oxygen atoms in total. The molecular formula is C23H21F6NO5S. The van der Waals surface area contributed by atoms with E-state index in [1.165, 1.54) is 17.5 Å². The highest BCUT2D eigenvalue weighted by atomic mass is 32.1. The third-order valence-corrected chi connectivity index (χ3v) is 7.02. The fraction of sp³-hybridized carbons (Fsp3) is 0.435. The number of rotatable bonds is 6. The minimum Gasteiger partial charge on any atom is -0.481 e. The van der Waals surface area contributed by atoms with E-state index in [1.807, 2.05) is 0 Å². The van der Waals surface area contributed by atoms with Gasteiger partial charge in [-0.25, -0.2) is 4.79 Å². The number of amides is 1. The molecule has 3 rings (SSSR count). The summed E-state index contributed by atoms with van der Waals surface area (Å²) >= 11 is 0.954. The predicted molar refractivity (Wildman–Crippen MR) is 115 cm³/mol. The van der Waals surface area contributed by atoms with Crippen LogP contribution < -0.4 is 0 Å². The minimum absolute atomic E-state index is 0.180. The lowest BCUT2D eigenvalue weighted by atomic mass is 9.83. The van der Waals surface area contributed by atoms with E-state index in [2.05, 4.69) is 0 Å². The SMILES string of the molecule is CC(C)CC1(C(=O)O)CC(C(=O)O)C(c2cccs2)N1C(=O)c1cccc(C(F)(F)F)c1C(F)(F)F. The topological polar surface area (TPSA) is 94.9 Å². The normalized spacial score (nSPS) is 22.8. The quantitative estimate of drug-likeness (QED) is 0.445. The Morgan fingerprint density at radius 3 is 2.14 bits per heavy atom. The summed E-state index contributed by atoms with van der Waals surface area (Å²) in [7, 11) is 0. The van der Waals surface area contributed by atoms with Crippen LogP contribution >= 0.6 is 11.3 Å². The number of carboxylic acids is 2. The lowest BCUT2D eigenvalue weighted by molar-refractivity contribution is -0.162. The maximum atomic E-state index is 13.9. The van der Waals surface area contributed by atoms with Gasteiger partial charge in [-0.15, -0.1) is 11.3 Å². The second-order valence-electron chi connectivity index (χ2n) is 8.94. The Bertz CT molecular complexity index is 1160. The molecule has 1 fully saturated rings. The molecule has 1 aromatic carbocycles. The van der Waals surface area contributed by atoms with Crippen LogP contribution in [0.2, 0.25) is 0 Å². The molecule has 0 radical (unpaired) electrons. The van der Waals surface area contributed by atoms with Crippen LogP contribution in [-0.2, 0) is 21.9 Å². The van der Waals surface area contributed by atoms with Crippen LogP contribution in [0.5, 0.6) is 0 Å². The number of nitrogens with zero attached hydrogens (tertiary/aromatic N) is 1. The molecule has 196 valence electrons. The lowest BCUT2D eigenvalue weighted by Gasteiger charge is -2.39. The van der Waals surface area contributed by atoms with E-state index in [9.17, 15) is 50.9 Å². The van der Waals surface area contributed by atoms with Gasteiger partial charge in [0.25, 0.3) is 5.91 Å². The van der Waals surface area contributed by atoms with Gasteiger partial charge in [0.05, 0.1) is 28.7 Å². The molecule has 3 unspecified atom stereocenters. The van der Waals surface area contributed by atoms with Crippen molar-refractivity contribution in [1.82, 2.24) is 4.90 Å². The Morgan fingerprint density at radius 1 is 1.06 bits per heavy atom. The summed E-state index contributed by atoms with van der Waals surface area (Å²) in [6.45, 7) is 3.15. The first-order chi connectivity index (χ1) is 16.5. The maximum absolute atomic E-state index is 13.9. The number of likely N-dealkylation sites (tertiary alicyclic amines) is 1. The fourth-order valence-electron chi connectivity index (χ4n) is 4.88. The molecule has 1 amide bonds. The number of hydrogen-bond acceptors (Lipinski definition) is 4. The average Bonchev–Trinajstić information content (AvgIpc) is 3.37. The summed E-state index contributed by atoms with van der Waals surface area (Å²) in [6.07, 6.45) is -12.1. The number of carbonyl (C=O) groups excluding carboxylic acids is 1. The highest BCUT2D eigenvalue weighted by molar-refractivity contribution is 7.10. The third-order valence-electron chi connectivity index (χ3n) is 6.08. The molecule has 0 aliphatic carbocycles. The van der Waals surface area contributed by atoms with Gasteiger partial charge in [0, 0.05) is 4.88 Å². The number of benzene rings is 1. The summed E-state index contributed by atoms with van der Waals surface area (Å²) in [5.74, 6) is -6.77. The highest BCUT2D eigenvalue weighted by Gasteiger charge is 2.62. The smallest absolute Gasteiger partial charge is 0.417 e. The zero-order chi connectivity index (χ0) is 27.2. The van der Waals surface area contributed by atoms with Gasteiger partial charge in [-0.1, -0.05) is 26.0 Å². The number of carboxylic acid groups (broad SMARTS) is 2. The van der Waals surface area contributed by atoms with Gasteiger partial charge in [0.2, 0.25) is 0 Å². The predicted octanol–water partition coefficient (Wildman–Crippen LogP) is 5.94. The minimum atomic E-state index is -5.62. The number of hydrogen-bond donors (Lipinski definition) is 2. The average molecular weight is 537 g/mol. The van der Waals surface area contributed by atoms with Crippen molar-refractivity contribution in [2.45, 2.75) is 50.6 Å². The maximum Gasteiger partial charge on any atom is 0.417 e. The standard InChI is InChI=1S/C23H21F6NO5S/c1-11(2)9-21(20(34)35)10-13(19(32)33)17(15-7-4-8-36-15)30(21)18(31)12-5-3-6-14(22(24,25)26)16(12)23(27,28)29/h3-8,11,13,17H,9-10H2,1-2H3,(H,32,33)(H,34,35). The summed E-state index contributed by atoms with van der Waals surface area (Å²) < 4.78 is 82.4. The Balaban J connectivity index is 2.37. The number of carbonyl (C=O) groups is 3. The van der Waals surface area contributed by atoms with Gasteiger partial charge in [0.1, 0.15) is 5.54 Å². The van der Waals surface area contributed by atoms with E-state index in [1.54, 1.807) is 13.8 Å². The zero-order valence-corrected chi connectivity index (χ0v) is 19.7. The molecule has 1 aliphatic rings. The first-order valence-corrected chi connectivity index (χ1v) is 11.5. The van der Waals surface area contributed by atoms with Crippen molar-refractivity contribution in [2.24, 2.45) is 11.8 Å². The fourth-order valence-corrected chi connectivity index (χ4v) is 5.77. The molecule has 0 spiro atoms. The molecular weight excluding hydrogens is 516 g/mol. The molecule has 1 aliphatic heterocycles.